The summed E-state index contributed by atoms with van der Waals surface area (Å²) in [4.78, 5) is 0. The molecule has 0 amide bonds. The van der Waals surface area contributed by atoms with Crippen LogP contribution in [0.3, 0.4) is 0 Å². The van der Waals surface area contributed by atoms with E-state index >= 15 is 0 Å². The summed E-state index contributed by atoms with van der Waals surface area (Å²) >= 11 is 4.84. The third-order valence-corrected chi connectivity index (χ3v) is 7.79. The van der Waals surface area contributed by atoms with E-state index < -0.39 is 9.84 Å². The summed E-state index contributed by atoms with van der Waals surface area (Å²) in [6.45, 7) is 4.23. The molecular weight excluding hydrogens is 332 g/mol. The Bertz CT molecular complexity index is 432. The molecule has 0 atom stereocenters. The third-order valence-electron chi connectivity index (χ3n) is 3.14. The minimum atomic E-state index is -3.14. The fourth-order valence-corrected chi connectivity index (χ4v) is 6.44. The SMILES string of the molecule is CCCC(CBr)(CCC)CS(=O)(=O)c1cccs1. The van der Waals surface area contributed by atoms with E-state index in [1.165, 1.54) is 11.3 Å². The minimum Gasteiger partial charge on any atom is -0.223 e. The van der Waals surface area contributed by atoms with Crippen molar-refractivity contribution >= 4 is 37.1 Å². The lowest BCUT2D eigenvalue weighted by molar-refractivity contribution is 0.314. The first-order valence-electron chi connectivity index (χ1n) is 6.32. The van der Waals surface area contributed by atoms with E-state index in [0.29, 0.717) is 4.21 Å². The van der Waals surface area contributed by atoms with E-state index in [-0.39, 0.29) is 11.2 Å². The minimum absolute atomic E-state index is 0.119. The van der Waals surface area contributed by atoms with Gasteiger partial charge in [0.1, 0.15) is 4.21 Å². The Morgan fingerprint density at radius 1 is 1.28 bits per heavy atom. The van der Waals surface area contributed by atoms with Gasteiger partial charge < -0.3 is 0 Å². The highest BCUT2D eigenvalue weighted by Crippen LogP contribution is 2.36. The summed E-state index contributed by atoms with van der Waals surface area (Å²) in [6, 6.07) is 3.50. The van der Waals surface area contributed by atoms with Gasteiger partial charge >= 0.3 is 0 Å². The molecule has 0 fully saturated rings. The molecule has 0 saturated heterocycles. The molecule has 0 aromatic carbocycles. The van der Waals surface area contributed by atoms with Gasteiger partial charge in [-0.15, -0.1) is 11.3 Å². The topological polar surface area (TPSA) is 34.1 Å². The van der Waals surface area contributed by atoms with Crippen LogP contribution in [0.25, 0.3) is 0 Å². The molecule has 2 nitrogen and oxygen atoms in total. The molecule has 0 spiro atoms. The smallest absolute Gasteiger partial charge is 0.188 e. The molecule has 5 heteroatoms. The second kappa shape index (κ2) is 7.06. The van der Waals surface area contributed by atoms with Crippen LogP contribution in [0.1, 0.15) is 39.5 Å². The average Bonchev–Trinajstić information content (AvgIpc) is 2.83. The van der Waals surface area contributed by atoms with E-state index in [1.54, 1.807) is 12.1 Å². The predicted octanol–water partition coefficient (Wildman–Crippen LogP) is 4.50. The van der Waals surface area contributed by atoms with Crippen LogP contribution < -0.4 is 0 Å². The highest BCUT2D eigenvalue weighted by atomic mass is 79.9. The largest absolute Gasteiger partial charge is 0.223 e. The molecule has 1 rings (SSSR count). The van der Waals surface area contributed by atoms with Gasteiger partial charge in [0.15, 0.2) is 9.84 Å². The molecule has 1 aromatic rings. The van der Waals surface area contributed by atoms with Crippen LogP contribution >= 0.6 is 27.3 Å². The maximum absolute atomic E-state index is 12.4. The van der Waals surface area contributed by atoms with Crippen molar-refractivity contribution in [1.82, 2.24) is 0 Å². The molecule has 0 N–H and O–H groups in total. The predicted molar refractivity (Wildman–Crippen MR) is 82.4 cm³/mol. The van der Waals surface area contributed by atoms with Gasteiger partial charge in [-0.25, -0.2) is 8.42 Å². The highest BCUT2D eigenvalue weighted by molar-refractivity contribution is 9.09. The Hall–Kier alpha value is 0.130. The van der Waals surface area contributed by atoms with E-state index in [1.807, 2.05) is 5.38 Å². The summed E-state index contributed by atoms with van der Waals surface area (Å²) < 4.78 is 25.3. The van der Waals surface area contributed by atoms with Crippen molar-refractivity contribution in [3.05, 3.63) is 17.5 Å². The second-order valence-corrected chi connectivity index (χ2v) is 8.55. The summed E-state index contributed by atoms with van der Waals surface area (Å²) in [5.74, 6) is 0.257. The number of halogens is 1. The van der Waals surface area contributed by atoms with Crippen LogP contribution in [0, 0.1) is 5.41 Å². The summed E-state index contributed by atoms with van der Waals surface area (Å²) in [6.07, 6.45) is 3.95. The summed E-state index contributed by atoms with van der Waals surface area (Å²) in [5, 5.41) is 2.58. The van der Waals surface area contributed by atoms with Gasteiger partial charge in [-0.2, -0.15) is 0 Å². The average molecular weight is 353 g/mol. The Morgan fingerprint density at radius 3 is 2.28 bits per heavy atom. The van der Waals surface area contributed by atoms with Gasteiger partial charge in [0.05, 0.1) is 5.75 Å². The van der Waals surface area contributed by atoms with Crippen LogP contribution in [0.5, 0.6) is 0 Å². The molecule has 0 radical (unpaired) electrons. The fraction of sp³-hybridized carbons (Fsp3) is 0.692. The molecule has 1 heterocycles. The van der Waals surface area contributed by atoms with Crippen LogP contribution in [0.4, 0.5) is 0 Å². The zero-order chi connectivity index (χ0) is 13.6. The molecule has 0 aliphatic heterocycles. The van der Waals surface area contributed by atoms with Crippen molar-refractivity contribution in [1.29, 1.82) is 0 Å². The number of hydrogen-bond acceptors (Lipinski definition) is 3. The first kappa shape index (κ1) is 16.2. The van der Waals surface area contributed by atoms with Gasteiger partial charge in [0, 0.05) is 5.33 Å². The van der Waals surface area contributed by atoms with Crippen molar-refractivity contribution in [2.45, 2.75) is 43.7 Å². The van der Waals surface area contributed by atoms with Crippen LogP contribution in [-0.2, 0) is 9.84 Å². The molecule has 1 aromatic heterocycles. The zero-order valence-corrected chi connectivity index (χ0v) is 14.2. The lowest BCUT2D eigenvalue weighted by Crippen LogP contribution is -2.31. The third kappa shape index (κ3) is 4.07. The maximum atomic E-state index is 12.4. The number of sulfone groups is 1. The summed E-state index contributed by atoms with van der Waals surface area (Å²) in [5.41, 5.74) is -0.119. The molecule has 18 heavy (non-hydrogen) atoms. The van der Waals surface area contributed by atoms with E-state index in [9.17, 15) is 8.42 Å². The molecule has 104 valence electrons. The van der Waals surface area contributed by atoms with Crippen molar-refractivity contribution < 1.29 is 8.42 Å². The van der Waals surface area contributed by atoms with Crippen molar-refractivity contribution in [3.63, 3.8) is 0 Å². The Kier molecular flexibility index (Phi) is 6.35. The summed E-state index contributed by atoms with van der Waals surface area (Å²) in [7, 11) is -3.14. The fourth-order valence-electron chi connectivity index (χ4n) is 2.42. The van der Waals surface area contributed by atoms with Crippen LogP contribution in [0.15, 0.2) is 21.7 Å². The molecule has 0 aliphatic carbocycles. The lowest BCUT2D eigenvalue weighted by Gasteiger charge is -2.31. The quantitative estimate of drug-likeness (QED) is 0.645. The number of alkyl halides is 1. The lowest BCUT2D eigenvalue weighted by atomic mass is 9.83. The van der Waals surface area contributed by atoms with Gasteiger partial charge in [0.25, 0.3) is 0 Å². The molecule has 0 unspecified atom stereocenters. The van der Waals surface area contributed by atoms with Crippen molar-refractivity contribution in [2.75, 3.05) is 11.1 Å². The normalized spacial score (nSPS) is 12.8. The molecule has 0 aliphatic rings. The number of rotatable bonds is 8. The van der Waals surface area contributed by atoms with Gasteiger partial charge in [-0.1, -0.05) is 48.7 Å². The standard InChI is InChI=1S/C13H21BrO2S2/c1-3-7-13(10-14,8-4-2)11-18(15,16)12-6-5-9-17-12/h5-6,9H,3-4,7-8,10-11H2,1-2H3. The van der Waals surface area contributed by atoms with Gasteiger partial charge in [-0.05, 0) is 29.7 Å². The Morgan fingerprint density at radius 2 is 1.89 bits per heavy atom. The number of hydrogen-bond donors (Lipinski definition) is 0. The maximum Gasteiger partial charge on any atom is 0.188 e. The first-order chi connectivity index (χ1) is 8.49. The highest BCUT2D eigenvalue weighted by Gasteiger charge is 2.34. The van der Waals surface area contributed by atoms with E-state index in [2.05, 4.69) is 29.8 Å². The van der Waals surface area contributed by atoms with Crippen LogP contribution in [-0.4, -0.2) is 19.5 Å². The number of thiophene rings is 1. The van der Waals surface area contributed by atoms with Gasteiger partial charge in [0.2, 0.25) is 0 Å². The first-order valence-corrected chi connectivity index (χ1v) is 9.97. The van der Waals surface area contributed by atoms with Gasteiger partial charge in [-0.3, -0.25) is 0 Å². The molecule has 0 saturated carbocycles. The second-order valence-electron chi connectivity index (χ2n) is 4.82. The van der Waals surface area contributed by atoms with E-state index in [0.717, 1.165) is 31.0 Å². The Balaban J connectivity index is 2.96. The molecular formula is C13H21BrO2S2. The molecule has 0 bridgehead atoms. The zero-order valence-electron chi connectivity index (χ0n) is 11.0. The Labute approximate surface area is 123 Å². The monoisotopic (exact) mass is 352 g/mol. The van der Waals surface area contributed by atoms with Crippen molar-refractivity contribution in [2.24, 2.45) is 5.41 Å². The van der Waals surface area contributed by atoms with Crippen molar-refractivity contribution in [3.8, 4) is 0 Å². The van der Waals surface area contributed by atoms with Crippen LogP contribution in [0.2, 0.25) is 0 Å². The van der Waals surface area contributed by atoms with E-state index in [4.69, 9.17) is 0 Å².